The third-order valence-corrected chi connectivity index (χ3v) is 2.28. The van der Waals surface area contributed by atoms with Crippen molar-refractivity contribution < 1.29 is 14.1 Å². The van der Waals surface area contributed by atoms with E-state index in [4.69, 9.17) is 14.5 Å². The van der Waals surface area contributed by atoms with Crippen molar-refractivity contribution in [1.29, 1.82) is 5.26 Å². The topological polar surface area (TPSA) is 76.1 Å². The minimum Gasteiger partial charge on any atom is -0.455 e. The van der Waals surface area contributed by atoms with Crippen molar-refractivity contribution in [3.8, 4) is 6.07 Å². The van der Waals surface area contributed by atoms with Gasteiger partial charge in [-0.2, -0.15) is 5.26 Å². The molecule has 0 saturated heterocycles. The highest BCUT2D eigenvalue weighted by Gasteiger charge is 2.09. The lowest BCUT2D eigenvalue weighted by atomic mass is 10.1. The molecule has 0 saturated carbocycles. The van der Waals surface area contributed by atoms with Crippen molar-refractivity contribution in [2.24, 2.45) is 0 Å². The smallest absolute Gasteiger partial charge is 0.338 e. The summed E-state index contributed by atoms with van der Waals surface area (Å²) >= 11 is 0. The first-order chi connectivity index (χ1) is 8.69. The van der Waals surface area contributed by atoms with Crippen LogP contribution in [-0.4, -0.2) is 11.1 Å². The van der Waals surface area contributed by atoms with Gasteiger partial charge in [0.25, 0.3) is 0 Å². The predicted molar refractivity (Wildman–Crippen MR) is 61.5 cm³/mol. The molecule has 1 aromatic heterocycles. The Bertz CT molecular complexity index is 593. The first kappa shape index (κ1) is 11.9. The predicted octanol–water partition coefficient (Wildman–Crippen LogP) is 2.21. The minimum absolute atomic E-state index is 0.0656. The maximum absolute atomic E-state index is 11.7. The van der Waals surface area contributed by atoms with Crippen molar-refractivity contribution in [2.45, 2.75) is 13.5 Å². The number of carbonyl (C=O) groups is 1. The third-order valence-electron chi connectivity index (χ3n) is 2.28. The van der Waals surface area contributed by atoms with E-state index in [2.05, 4.69) is 5.16 Å². The van der Waals surface area contributed by atoms with Gasteiger partial charge in [-0.25, -0.2) is 4.79 Å². The summed E-state index contributed by atoms with van der Waals surface area (Å²) in [5.41, 5.74) is 1.46. The van der Waals surface area contributed by atoms with E-state index in [-0.39, 0.29) is 6.61 Å². The van der Waals surface area contributed by atoms with E-state index in [1.165, 1.54) is 0 Å². The Morgan fingerprint density at radius 2 is 2.17 bits per heavy atom. The van der Waals surface area contributed by atoms with Gasteiger partial charge in [-0.3, -0.25) is 0 Å². The zero-order valence-electron chi connectivity index (χ0n) is 9.71. The first-order valence-corrected chi connectivity index (χ1v) is 5.28. The molecule has 0 fully saturated rings. The summed E-state index contributed by atoms with van der Waals surface area (Å²) in [6.45, 7) is 1.83. The molecule has 2 aromatic rings. The number of hydrogen-bond acceptors (Lipinski definition) is 5. The fourth-order valence-corrected chi connectivity index (χ4v) is 1.39. The van der Waals surface area contributed by atoms with Crippen molar-refractivity contribution in [2.75, 3.05) is 0 Å². The molecule has 0 unspecified atom stereocenters. The van der Waals surface area contributed by atoms with Gasteiger partial charge in [-0.15, -0.1) is 0 Å². The van der Waals surface area contributed by atoms with Gasteiger partial charge in [0.1, 0.15) is 18.1 Å². The number of nitriles is 1. The summed E-state index contributed by atoms with van der Waals surface area (Å²) in [6, 6.07) is 9.91. The number of esters is 1. The van der Waals surface area contributed by atoms with Crippen LogP contribution in [0.4, 0.5) is 0 Å². The molecular formula is C13H10N2O3. The van der Waals surface area contributed by atoms with Crippen LogP contribution < -0.4 is 0 Å². The van der Waals surface area contributed by atoms with E-state index >= 15 is 0 Å². The van der Waals surface area contributed by atoms with Crippen molar-refractivity contribution in [3.63, 3.8) is 0 Å². The highest BCUT2D eigenvalue weighted by atomic mass is 16.5. The fraction of sp³-hybridized carbons (Fsp3) is 0.154. The molecule has 0 aliphatic rings. The Kier molecular flexibility index (Phi) is 3.39. The minimum atomic E-state index is -0.458. The molecule has 0 amide bonds. The normalized spacial score (nSPS) is 9.78. The number of rotatable bonds is 3. The van der Waals surface area contributed by atoms with Crippen LogP contribution in [0.2, 0.25) is 0 Å². The van der Waals surface area contributed by atoms with Gasteiger partial charge in [0, 0.05) is 6.07 Å². The molecule has 0 spiro atoms. The SMILES string of the molecule is Cc1cc(COC(=O)c2ccc(C#N)cc2)no1. The lowest BCUT2D eigenvalue weighted by molar-refractivity contribution is 0.0464. The molecule has 1 heterocycles. The largest absolute Gasteiger partial charge is 0.455 e. The van der Waals surface area contributed by atoms with Crippen molar-refractivity contribution >= 4 is 5.97 Å². The van der Waals surface area contributed by atoms with E-state index in [1.54, 1.807) is 37.3 Å². The number of hydrogen-bond donors (Lipinski definition) is 0. The highest BCUT2D eigenvalue weighted by Crippen LogP contribution is 2.08. The summed E-state index contributed by atoms with van der Waals surface area (Å²) in [5.74, 6) is 0.208. The van der Waals surface area contributed by atoms with Crippen LogP contribution in [0.15, 0.2) is 34.9 Å². The standard InChI is InChI=1S/C13H10N2O3/c1-9-6-12(15-18-9)8-17-13(16)11-4-2-10(7-14)3-5-11/h2-6H,8H2,1H3. The Hall–Kier alpha value is -2.61. The van der Waals surface area contributed by atoms with E-state index < -0.39 is 5.97 Å². The van der Waals surface area contributed by atoms with Gasteiger partial charge < -0.3 is 9.26 Å². The molecule has 18 heavy (non-hydrogen) atoms. The number of aromatic nitrogens is 1. The van der Waals surface area contributed by atoms with Crippen molar-refractivity contribution in [3.05, 3.63) is 52.9 Å². The second-order valence-electron chi connectivity index (χ2n) is 3.69. The molecule has 5 heteroatoms. The van der Waals surface area contributed by atoms with Crippen LogP contribution in [0.25, 0.3) is 0 Å². The van der Waals surface area contributed by atoms with Gasteiger partial charge in [0.05, 0.1) is 17.2 Å². The summed E-state index contributed by atoms with van der Waals surface area (Å²) in [7, 11) is 0. The number of carbonyl (C=O) groups excluding carboxylic acids is 1. The van der Waals surface area contributed by atoms with E-state index in [9.17, 15) is 4.79 Å². The molecule has 1 aromatic carbocycles. The molecule has 0 radical (unpaired) electrons. The molecule has 0 aliphatic heterocycles. The Morgan fingerprint density at radius 1 is 1.44 bits per heavy atom. The first-order valence-electron chi connectivity index (χ1n) is 5.28. The van der Waals surface area contributed by atoms with Gasteiger partial charge in [-0.1, -0.05) is 5.16 Å². The second-order valence-corrected chi connectivity index (χ2v) is 3.69. The molecule has 0 bridgehead atoms. The molecule has 5 nitrogen and oxygen atoms in total. The lowest BCUT2D eigenvalue weighted by Gasteiger charge is -2.02. The van der Waals surface area contributed by atoms with E-state index in [0.717, 1.165) is 0 Å². The zero-order valence-corrected chi connectivity index (χ0v) is 9.71. The number of ether oxygens (including phenoxy) is 1. The zero-order chi connectivity index (χ0) is 13.0. The second kappa shape index (κ2) is 5.15. The van der Waals surface area contributed by atoms with Crippen LogP contribution >= 0.6 is 0 Å². The van der Waals surface area contributed by atoms with Crippen molar-refractivity contribution in [1.82, 2.24) is 5.16 Å². The fourth-order valence-electron chi connectivity index (χ4n) is 1.39. The summed E-state index contributed by atoms with van der Waals surface area (Å²) < 4.78 is 9.91. The molecule has 0 N–H and O–H groups in total. The van der Waals surface area contributed by atoms with Gasteiger partial charge in [0.2, 0.25) is 0 Å². The van der Waals surface area contributed by atoms with Crippen LogP contribution in [0.3, 0.4) is 0 Å². The quantitative estimate of drug-likeness (QED) is 0.771. The molecule has 0 aliphatic carbocycles. The highest BCUT2D eigenvalue weighted by molar-refractivity contribution is 5.89. The Balaban J connectivity index is 1.97. The Morgan fingerprint density at radius 3 is 2.72 bits per heavy atom. The Labute approximate surface area is 104 Å². The lowest BCUT2D eigenvalue weighted by Crippen LogP contribution is -2.05. The molecule has 0 atom stereocenters. The van der Waals surface area contributed by atoms with Gasteiger partial charge >= 0.3 is 5.97 Å². The number of nitrogens with zero attached hydrogens (tertiary/aromatic N) is 2. The van der Waals surface area contributed by atoms with Crippen LogP contribution in [0.5, 0.6) is 0 Å². The van der Waals surface area contributed by atoms with Crippen LogP contribution in [-0.2, 0) is 11.3 Å². The monoisotopic (exact) mass is 242 g/mol. The summed E-state index contributed by atoms with van der Waals surface area (Å²) in [6.07, 6.45) is 0. The number of benzene rings is 1. The third kappa shape index (κ3) is 2.74. The van der Waals surface area contributed by atoms with Gasteiger partial charge in [-0.05, 0) is 31.2 Å². The summed E-state index contributed by atoms with van der Waals surface area (Å²) in [4.78, 5) is 11.7. The van der Waals surface area contributed by atoms with Crippen LogP contribution in [0, 0.1) is 18.3 Å². The molecule has 2 rings (SSSR count). The van der Waals surface area contributed by atoms with E-state index in [0.29, 0.717) is 22.6 Å². The number of aryl methyl sites for hydroxylation is 1. The molecular weight excluding hydrogens is 232 g/mol. The maximum Gasteiger partial charge on any atom is 0.338 e. The van der Waals surface area contributed by atoms with Gasteiger partial charge in [0.15, 0.2) is 0 Å². The van der Waals surface area contributed by atoms with Crippen LogP contribution in [0.1, 0.15) is 27.4 Å². The molecule has 90 valence electrons. The average molecular weight is 242 g/mol. The maximum atomic E-state index is 11.7. The average Bonchev–Trinajstić information content (AvgIpc) is 2.82. The summed E-state index contributed by atoms with van der Waals surface area (Å²) in [5, 5.41) is 12.4. The van der Waals surface area contributed by atoms with E-state index in [1.807, 2.05) is 6.07 Å².